The summed E-state index contributed by atoms with van der Waals surface area (Å²) < 4.78 is 114. The highest BCUT2D eigenvalue weighted by Gasteiger charge is 2.24. The number of hydrogen-bond acceptors (Lipinski definition) is 4. The molecule has 2 aromatic heterocycles. The molecule has 0 bridgehead atoms. The highest BCUT2D eigenvalue weighted by molar-refractivity contribution is 6.09. The maximum absolute atomic E-state index is 9.09. The third kappa shape index (κ3) is 9.27. The topological polar surface area (TPSA) is 51.1 Å². The molecule has 10 rings (SSSR count). The Balaban J connectivity index is 1.08. The molecule has 0 radical (unpaired) electrons. The fourth-order valence-corrected chi connectivity index (χ4v) is 8.85. The van der Waals surface area contributed by atoms with E-state index in [0.717, 1.165) is 33.4 Å². The minimum Gasteiger partial charge on any atom is -0.457 e. The second-order valence-corrected chi connectivity index (χ2v) is 21.1. The van der Waals surface area contributed by atoms with Crippen molar-refractivity contribution in [2.24, 2.45) is 0 Å². The lowest BCUT2D eigenvalue weighted by Gasteiger charge is -2.27. The van der Waals surface area contributed by atoms with Crippen LogP contribution in [0, 0.1) is 6.92 Å². The minimum absolute atomic E-state index is 0.143. The standard InChI is InChI=1S/C64H66N4O/c1-41-26-29-49(39-59(41)69-50-30-31-54-53-20-13-16-25-57(53)68(58(54)40-50)60-38-46(32-33-65-60)62(2,3)4)66-55-23-14-15-24-56(55)67-61-51(44-28-27-42-18-11-12-19-43(42)34-44)21-17-22-52(61)45-35-47(63(5,6)7)37-48(36-45)64(8,9)10/h13-17,20-40,66-67H,11-12,18-19H2,1-10H3/i11D2,12D2,13D,16D,18D2,19D2,20D,25D. The van der Waals surface area contributed by atoms with E-state index in [1.165, 1.54) is 12.1 Å². The number of benzene rings is 7. The zero-order chi connectivity index (χ0) is 58.9. The van der Waals surface area contributed by atoms with E-state index in [-0.39, 0.29) is 51.5 Å². The van der Waals surface area contributed by atoms with Crippen LogP contribution in [0.1, 0.15) is 125 Å². The van der Waals surface area contributed by atoms with Crippen LogP contribution in [0.25, 0.3) is 49.9 Å². The molecule has 0 amide bonds. The predicted octanol–water partition coefficient (Wildman–Crippen LogP) is 17.9. The molecule has 5 heteroatoms. The zero-order valence-electron chi connectivity index (χ0n) is 53.0. The van der Waals surface area contributed by atoms with Gasteiger partial charge in [0.15, 0.2) is 0 Å². The number of rotatable bonds is 9. The Kier molecular flexibility index (Phi) is 8.60. The fourth-order valence-electron chi connectivity index (χ4n) is 8.85. The first-order valence-electron chi connectivity index (χ1n) is 29.5. The van der Waals surface area contributed by atoms with Crippen LogP contribution in [-0.2, 0) is 29.0 Å². The number of aryl methyl sites for hydroxylation is 3. The minimum atomic E-state index is -3.23. The first-order valence-corrected chi connectivity index (χ1v) is 23.5. The van der Waals surface area contributed by atoms with Crippen LogP contribution in [0.3, 0.4) is 0 Å². The van der Waals surface area contributed by atoms with Crippen LogP contribution >= 0.6 is 0 Å². The molecule has 0 saturated heterocycles. The Morgan fingerprint density at radius 2 is 1.26 bits per heavy atom. The van der Waals surface area contributed by atoms with Gasteiger partial charge >= 0.3 is 0 Å². The molecule has 69 heavy (non-hydrogen) atoms. The number of fused-ring (bicyclic) bond motifs is 4. The summed E-state index contributed by atoms with van der Waals surface area (Å²) in [5.41, 5.74) is 9.35. The lowest BCUT2D eigenvalue weighted by molar-refractivity contribution is 0.480. The van der Waals surface area contributed by atoms with Crippen molar-refractivity contribution >= 4 is 44.6 Å². The highest BCUT2D eigenvalue weighted by atomic mass is 16.5. The number of nitrogens with one attached hydrogen (secondary N) is 2. The molecular weight excluding hydrogens is 841 g/mol. The quantitative estimate of drug-likeness (QED) is 0.151. The van der Waals surface area contributed by atoms with Gasteiger partial charge in [-0.2, -0.15) is 0 Å². The zero-order valence-corrected chi connectivity index (χ0v) is 41.0. The monoisotopic (exact) mass is 919 g/mol. The predicted molar refractivity (Wildman–Crippen MR) is 293 cm³/mol. The number of aromatic nitrogens is 2. The maximum Gasteiger partial charge on any atom is 0.137 e. The van der Waals surface area contributed by atoms with Gasteiger partial charge in [0.2, 0.25) is 0 Å². The normalized spacial score (nSPS) is 18.6. The van der Waals surface area contributed by atoms with Gasteiger partial charge in [-0.25, -0.2) is 4.98 Å². The Bertz CT molecular complexity index is 3980. The number of anilines is 4. The van der Waals surface area contributed by atoms with Crippen molar-refractivity contribution < 1.29 is 21.2 Å². The van der Waals surface area contributed by atoms with Crippen molar-refractivity contribution in [3.8, 4) is 39.6 Å². The van der Waals surface area contributed by atoms with Crippen LogP contribution in [0.15, 0.2) is 158 Å². The van der Waals surface area contributed by atoms with Gasteiger partial charge in [-0.3, -0.25) is 4.57 Å². The van der Waals surface area contributed by atoms with Crippen molar-refractivity contribution in [3.63, 3.8) is 0 Å². The largest absolute Gasteiger partial charge is 0.457 e. The number of para-hydroxylation sites is 4. The molecule has 0 fully saturated rings. The number of nitrogens with zero attached hydrogens (tertiary/aromatic N) is 2. The second-order valence-electron chi connectivity index (χ2n) is 21.1. The van der Waals surface area contributed by atoms with Crippen LogP contribution in [-0.4, -0.2) is 9.55 Å². The van der Waals surface area contributed by atoms with Gasteiger partial charge in [0.25, 0.3) is 0 Å². The summed E-state index contributed by atoms with van der Waals surface area (Å²) in [6, 6.07) is 38.8. The molecule has 0 spiro atoms. The molecule has 5 nitrogen and oxygen atoms in total. The van der Waals surface area contributed by atoms with E-state index in [1.807, 2.05) is 91.9 Å². The van der Waals surface area contributed by atoms with Gasteiger partial charge in [-0.05, 0) is 142 Å². The lowest BCUT2D eigenvalue weighted by Crippen LogP contribution is -2.16. The highest BCUT2D eigenvalue weighted by Crippen LogP contribution is 2.44. The van der Waals surface area contributed by atoms with Crippen molar-refractivity contribution in [1.82, 2.24) is 9.55 Å². The summed E-state index contributed by atoms with van der Waals surface area (Å²) in [7, 11) is 0. The Morgan fingerprint density at radius 3 is 1.99 bits per heavy atom. The average Bonchev–Trinajstić information content (AvgIpc) is 3.45. The summed E-state index contributed by atoms with van der Waals surface area (Å²) >= 11 is 0. The van der Waals surface area contributed by atoms with E-state index in [4.69, 9.17) is 26.2 Å². The maximum atomic E-state index is 9.09. The molecule has 0 aliphatic heterocycles. The summed E-state index contributed by atoms with van der Waals surface area (Å²) in [5.74, 6) is 1.51. The first kappa shape index (κ1) is 33.4. The van der Waals surface area contributed by atoms with Gasteiger partial charge in [-0.15, -0.1) is 0 Å². The van der Waals surface area contributed by atoms with E-state index in [0.29, 0.717) is 73.0 Å². The molecule has 348 valence electrons. The van der Waals surface area contributed by atoms with E-state index < -0.39 is 25.5 Å². The van der Waals surface area contributed by atoms with E-state index in [2.05, 4.69) is 91.1 Å². The summed E-state index contributed by atoms with van der Waals surface area (Å²) in [5, 5.41) is 8.39. The molecule has 0 saturated carbocycles. The van der Waals surface area contributed by atoms with E-state index in [1.54, 1.807) is 22.9 Å². The van der Waals surface area contributed by atoms with E-state index in [9.17, 15) is 0 Å². The molecule has 2 heterocycles. The molecule has 2 N–H and O–H groups in total. The van der Waals surface area contributed by atoms with Crippen molar-refractivity contribution in [2.45, 2.75) is 111 Å². The molecule has 1 aliphatic carbocycles. The smallest absolute Gasteiger partial charge is 0.137 e. The summed E-state index contributed by atoms with van der Waals surface area (Å²) in [6.45, 7) is 21.3. The van der Waals surface area contributed by atoms with E-state index >= 15 is 0 Å². The third-order valence-electron chi connectivity index (χ3n) is 12.9. The second kappa shape index (κ2) is 17.8. The number of pyridine rings is 1. The van der Waals surface area contributed by atoms with Gasteiger partial charge < -0.3 is 15.4 Å². The van der Waals surface area contributed by atoms with Crippen LogP contribution in [0.4, 0.5) is 22.7 Å². The average molecular weight is 919 g/mol. The number of ether oxygens (including phenoxy) is 1. The van der Waals surface area contributed by atoms with Crippen molar-refractivity contribution in [1.29, 1.82) is 0 Å². The van der Waals surface area contributed by atoms with Gasteiger partial charge in [0, 0.05) is 56.9 Å². The Labute approximate surface area is 426 Å². The molecule has 0 atom stereocenters. The third-order valence-corrected chi connectivity index (χ3v) is 12.9. The van der Waals surface area contributed by atoms with Gasteiger partial charge in [-0.1, -0.05) is 153 Å². The van der Waals surface area contributed by atoms with Crippen LogP contribution in [0.2, 0.25) is 0 Å². The Hall–Kier alpha value is -7.11. The summed E-state index contributed by atoms with van der Waals surface area (Å²) in [6.07, 6.45) is -10.5. The Morgan fingerprint density at radius 1 is 0.580 bits per heavy atom. The molecule has 1 aliphatic rings. The molecule has 9 aromatic rings. The lowest BCUT2D eigenvalue weighted by atomic mass is 9.78. The van der Waals surface area contributed by atoms with Gasteiger partial charge in [0.1, 0.15) is 17.3 Å². The van der Waals surface area contributed by atoms with Crippen molar-refractivity contribution in [2.75, 3.05) is 10.6 Å². The molecule has 7 aromatic carbocycles. The fraction of sp³-hybridized carbons (Fsp3) is 0.266. The molecular formula is C64H66N4O. The number of hydrogen-bond donors (Lipinski definition) is 2. The van der Waals surface area contributed by atoms with Crippen molar-refractivity contribution in [3.05, 3.63) is 191 Å². The van der Waals surface area contributed by atoms with Crippen LogP contribution < -0.4 is 15.4 Å². The van der Waals surface area contributed by atoms with Gasteiger partial charge in [0.05, 0.1) is 33.6 Å². The molecule has 0 unspecified atom stereocenters. The van der Waals surface area contributed by atoms with Crippen LogP contribution in [0.5, 0.6) is 11.5 Å². The first-order chi connectivity index (χ1) is 37.6. The summed E-state index contributed by atoms with van der Waals surface area (Å²) in [4.78, 5) is 4.74. The SMILES string of the molecule is [2H]c1c([2H])c([2H])c2c(c1[2H])c1ccc(Oc3cc(Nc4ccccc4Nc4c(-c5cc(C(C)(C)C)cc(C(C)(C)C)c5)cccc4-c4ccc5c(c4)C([2H])([2H])C([2H])([2H])C([2H])([2H])C5([2H])[2H])ccc3C)cc1n2-c1cc(C(C)(C)C)ccn1.